The van der Waals surface area contributed by atoms with Crippen LogP contribution in [0.5, 0.6) is 0 Å². The normalized spacial score (nSPS) is 11.2. The molecule has 2 heterocycles. The number of hydrogen-bond acceptors (Lipinski definition) is 4. The zero-order chi connectivity index (χ0) is 16.0. The summed E-state index contributed by atoms with van der Waals surface area (Å²) in [6, 6.07) is 9.29. The summed E-state index contributed by atoms with van der Waals surface area (Å²) in [6.07, 6.45) is 1.74. The van der Waals surface area contributed by atoms with Gasteiger partial charge in [-0.15, -0.1) is 5.10 Å². The predicted octanol–water partition coefficient (Wildman–Crippen LogP) is 2.41. The first-order chi connectivity index (χ1) is 11.1. The van der Waals surface area contributed by atoms with E-state index < -0.39 is 0 Å². The van der Waals surface area contributed by atoms with Crippen molar-refractivity contribution in [3.8, 4) is 0 Å². The van der Waals surface area contributed by atoms with E-state index in [1.807, 2.05) is 44.3 Å². The number of nitrogens with one attached hydrogen (secondary N) is 2. The maximum atomic E-state index is 12.6. The number of fused-ring (bicyclic) bond motifs is 2. The molecule has 4 rings (SSSR count). The summed E-state index contributed by atoms with van der Waals surface area (Å²) in [6.45, 7) is 1.91. The molecule has 4 aromatic rings. The van der Waals surface area contributed by atoms with Crippen LogP contribution in [0.2, 0.25) is 0 Å². The molecule has 2 N–H and O–H groups in total. The van der Waals surface area contributed by atoms with E-state index in [9.17, 15) is 4.79 Å². The molecule has 23 heavy (non-hydrogen) atoms. The van der Waals surface area contributed by atoms with Gasteiger partial charge in [0, 0.05) is 23.7 Å². The van der Waals surface area contributed by atoms with E-state index in [0.29, 0.717) is 11.3 Å². The number of carbonyl (C=O) groups excluding carboxylic acids is 1. The van der Waals surface area contributed by atoms with Crippen LogP contribution in [0.1, 0.15) is 15.9 Å². The van der Waals surface area contributed by atoms with E-state index >= 15 is 0 Å². The smallest absolute Gasteiger partial charge is 0.256 e. The van der Waals surface area contributed by atoms with Gasteiger partial charge in [-0.25, -0.2) is 4.68 Å². The van der Waals surface area contributed by atoms with Crippen molar-refractivity contribution in [2.75, 3.05) is 5.32 Å². The molecule has 0 unspecified atom stereocenters. The van der Waals surface area contributed by atoms with Gasteiger partial charge in [0.15, 0.2) is 0 Å². The van der Waals surface area contributed by atoms with E-state index in [-0.39, 0.29) is 5.91 Å². The second-order valence-corrected chi connectivity index (χ2v) is 5.50. The highest BCUT2D eigenvalue weighted by atomic mass is 16.1. The molecule has 0 saturated heterocycles. The molecular formula is C16H14N6O. The minimum atomic E-state index is -0.165. The highest BCUT2D eigenvalue weighted by Crippen LogP contribution is 2.20. The van der Waals surface area contributed by atoms with Crippen LogP contribution < -0.4 is 5.32 Å². The lowest BCUT2D eigenvalue weighted by atomic mass is 10.1. The summed E-state index contributed by atoms with van der Waals surface area (Å²) in [5, 5.41) is 18.8. The third-order valence-electron chi connectivity index (χ3n) is 3.90. The number of hydrogen-bond donors (Lipinski definition) is 2. The second-order valence-electron chi connectivity index (χ2n) is 5.50. The van der Waals surface area contributed by atoms with Crippen molar-refractivity contribution in [1.82, 2.24) is 25.2 Å². The monoisotopic (exact) mass is 306 g/mol. The minimum absolute atomic E-state index is 0.165. The summed E-state index contributed by atoms with van der Waals surface area (Å²) in [7, 11) is 1.83. The molecule has 0 aliphatic carbocycles. The largest absolute Gasteiger partial charge is 0.322 e. The first-order valence-corrected chi connectivity index (χ1v) is 7.16. The van der Waals surface area contributed by atoms with Crippen LogP contribution in [0.25, 0.3) is 21.9 Å². The van der Waals surface area contributed by atoms with Gasteiger partial charge >= 0.3 is 0 Å². The Balaban J connectivity index is 1.68. The van der Waals surface area contributed by atoms with Crippen molar-refractivity contribution in [3.05, 3.63) is 47.7 Å². The minimum Gasteiger partial charge on any atom is -0.322 e. The van der Waals surface area contributed by atoms with Crippen LogP contribution in [0, 0.1) is 6.92 Å². The van der Waals surface area contributed by atoms with Gasteiger partial charge in [0.2, 0.25) is 0 Å². The first-order valence-electron chi connectivity index (χ1n) is 7.16. The van der Waals surface area contributed by atoms with E-state index in [4.69, 9.17) is 0 Å². The number of rotatable bonds is 2. The SMILES string of the molecule is Cc1cc2cn[nH]c2cc1C(=O)Nc1ccc2c(c1)nnn2C. The molecule has 2 aromatic heterocycles. The van der Waals surface area contributed by atoms with Crippen molar-refractivity contribution in [3.63, 3.8) is 0 Å². The van der Waals surface area contributed by atoms with Crippen molar-refractivity contribution >= 4 is 33.5 Å². The summed E-state index contributed by atoms with van der Waals surface area (Å²) >= 11 is 0. The molecule has 0 bridgehead atoms. The molecule has 0 radical (unpaired) electrons. The van der Waals surface area contributed by atoms with E-state index in [1.54, 1.807) is 10.9 Å². The molecule has 0 saturated carbocycles. The van der Waals surface area contributed by atoms with Gasteiger partial charge in [-0.2, -0.15) is 5.10 Å². The Morgan fingerprint density at radius 1 is 1.26 bits per heavy atom. The lowest BCUT2D eigenvalue weighted by molar-refractivity contribution is 0.102. The molecule has 7 nitrogen and oxygen atoms in total. The van der Waals surface area contributed by atoms with Gasteiger partial charge in [0.1, 0.15) is 5.52 Å². The zero-order valence-corrected chi connectivity index (χ0v) is 12.7. The van der Waals surface area contributed by atoms with Crippen LogP contribution in [-0.4, -0.2) is 31.1 Å². The van der Waals surface area contributed by atoms with Gasteiger partial charge in [0.05, 0.1) is 17.2 Å². The molecule has 114 valence electrons. The molecule has 1 amide bonds. The number of H-pyrrole nitrogens is 1. The first kappa shape index (κ1) is 13.4. The van der Waals surface area contributed by atoms with Crippen molar-refractivity contribution < 1.29 is 4.79 Å². The molecule has 0 spiro atoms. The third kappa shape index (κ3) is 2.22. The Hall–Kier alpha value is -3.22. The van der Waals surface area contributed by atoms with Crippen molar-refractivity contribution in [1.29, 1.82) is 0 Å². The molecule has 2 aromatic carbocycles. The number of amides is 1. The van der Waals surface area contributed by atoms with Crippen LogP contribution in [0.15, 0.2) is 36.5 Å². The van der Waals surface area contributed by atoms with Gasteiger partial charge in [0.25, 0.3) is 5.91 Å². The van der Waals surface area contributed by atoms with Gasteiger partial charge in [-0.1, -0.05) is 5.21 Å². The summed E-state index contributed by atoms with van der Waals surface area (Å²) in [5.74, 6) is -0.165. The van der Waals surface area contributed by atoms with Gasteiger partial charge < -0.3 is 5.32 Å². The second kappa shape index (κ2) is 4.91. The number of aromatic amines is 1. The molecular weight excluding hydrogens is 292 g/mol. The molecule has 0 aliphatic rings. The molecule has 0 fully saturated rings. The summed E-state index contributed by atoms with van der Waals surface area (Å²) in [5.41, 5.74) is 4.69. The van der Waals surface area contributed by atoms with Crippen LogP contribution in [0.3, 0.4) is 0 Å². The standard InChI is InChI=1S/C16H14N6O/c1-9-5-10-8-17-19-13(10)7-12(9)16(23)18-11-3-4-15-14(6-11)20-21-22(15)2/h3-8H,1-2H3,(H,17,19)(H,18,23). The lowest BCUT2D eigenvalue weighted by Gasteiger charge is -2.08. The Labute approximate surface area is 131 Å². The summed E-state index contributed by atoms with van der Waals surface area (Å²) in [4.78, 5) is 12.6. The van der Waals surface area contributed by atoms with Gasteiger partial charge in [-0.3, -0.25) is 9.89 Å². The lowest BCUT2D eigenvalue weighted by Crippen LogP contribution is -2.13. The van der Waals surface area contributed by atoms with Crippen molar-refractivity contribution in [2.24, 2.45) is 7.05 Å². The quantitative estimate of drug-likeness (QED) is 0.595. The van der Waals surface area contributed by atoms with E-state index in [2.05, 4.69) is 25.8 Å². The van der Waals surface area contributed by atoms with Crippen LogP contribution in [-0.2, 0) is 7.05 Å². The molecule has 7 heteroatoms. The third-order valence-corrected chi connectivity index (χ3v) is 3.90. The Bertz CT molecular complexity index is 1050. The van der Waals surface area contributed by atoms with Crippen LogP contribution >= 0.6 is 0 Å². The molecule has 0 atom stereocenters. The number of carbonyl (C=O) groups is 1. The fourth-order valence-electron chi connectivity index (χ4n) is 2.67. The molecule has 0 aliphatic heterocycles. The number of nitrogens with zero attached hydrogens (tertiary/aromatic N) is 4. The average molecular weight is 306 g/mol. The number of aryl methyl sites for hydroxylation is 2. The Morgan fingerprint density at radius 3 is 3.00 bits per heavy atom. The number of anilines is 1. The zero-order valence-electron chi connectivity index (χ0n) is 12.7. The number of benzene rings is 2. The fourth-order valence-corrected chi connectivity index (χ4v) is 2.67. The topological polar surface area (TPSA) is 88.5 Å². The van der Waals surface area contributed by atoms with Crippen molar-refractivity contribution in [2.45, 2.75) is 6.92 Å². The van der Waals surface area contributed by atoms with Crippen LogP contribution in [0.4, 0.5) is 5.69 Å². The Kier molecular flexibility index (Phi) is 2.87. The Morgan fingerprint density at radius 2 is 2.13 bits per heavy atom. The fraction of sp³-hybridized carbons (Fsp3) is 0.125. The van der Waals surface area contributed by atoms with E-state index in [0.717, 1.165) is 27.5 Å². The summed E-state index contributed by atoms with van der Waals surface area (Å²) < 4.78 is 1.69. The van der Waals surface area contributed by atoms with Gasteiger partial charge in [-0.05, 0) is 42.8 Å². The van der Waals surface area contributed by atoms with E-state index in [1.165, 1.54) is 0 Å². The predicted molar refractivity (Wildman–Crippen MR) is 87.3 cm³/mol. The number of aromatic nitrogens is 5. The maximum absolute atomic E-state index is 12.6. The highest BCUT2D eigenvalue weighted by Gasteiger charge is 2.12. The highest BCUT2D eigenvalue weighted by molar-refractivity contribution is 6.07. The maximum Gasteiger partial charge on any atom is 0.256 e. The average Bonchev–Trinajstić information content (AvgIpc) is 3.12.